The van der Waals surface area contributed by atoms with Crippen molar-refractivity contribution in [1.82, 2.24) is 14.8 Å². The van der Waals surface area contributed by atoms with Crippen molar-refractivity contribution in [3.63, 3.8) is 0 Å². The number of nitrogens with one attached hydrogen (secondary N) is 1. The largest absolute Gasteiger partial charge is 0.497 e. The molecule has 8 heteroatoms. The van der Waals surface area contributed by atoms with E-state index in [0.717, 1.165) is 5.56 Å². The molecule has 1 atom stereocenters. The SMILES string of the molecule is COc1ccc(C(=O)C(C(=O)Nc2cc(Cl)ccc2C)n2ncnc2C)cc1. The van der Waals surface area contributed by atoms with Crippen LogP contribution in [-0.4, -0.2) is 33.6 Å². The van der Waals surface area contributed by atoms with Gasteiger partial charge in [0.2, 0.25) is 0 Å². The highest BCUT2D eigenvalue weighted by Gasteiger charge is 2.32. The van der Waals surface area contributed by atoms with Gasteiger partial charge in [0.1, 0.15) is 17.9 Å². The Bertz CT molecular complexity index is 1010. The van der Waals surface area contributed by atoms with E-state index >= 15 is 0 Å². The molecule has 3 rings (SSSR count). The topological polar surface area (TPSA) is 86.1 Å². The minimum Gasteiger partial charge on any atom is -0.497 e. The molecular formula is C20H19ClN4O3. The van der Waals surface area contributed by atoms with Crippen LogP contribution < -0.4 is 10.1 Å². The summed E-state index contributed by atoms with van der Waals surface area (Å²) in [6.07, 6.45) is 1.31. The number of ketones is 1. The Labute approximate surface area is 167 Å². The number of halogens is 1. The summed E-state index contributed by atoms with van der Waals surface area (Å²) in [5, 5.41) is 7.34. The number of carbonyl (C=O) groups excluding carboxylic acids is 2. The van der Waals surface area contributed by atoms with Crippen molar-refractivity contribution >= 4 is 29.0 Å². The van der Waals surface area contributed by atoms with Gasteiger partial charge < -0.3 is 10.1 Å². The number of rotatable bonds is 6. The van der Waals surface area contributed by atoms with Crippen LogP contribution >= 0.6 is 11.6 Å². The van der Waals surface area contributed by atoms with Crippen LogP contribution in [-0.2, 0) is 4.79 Å². The van der Waals surface area contributed by atoms with Gasteiger partial charge in [0, 0.05) is 16.3 Å². The van der Waals surface area contributed by atoms with Gasteiger partial charge in [0.05, 0.1) is 7.11 Å². The van der Waals surface area contributed by atoms with Gasteiger partial charge in [-0.25, -0.2) is 9.67 Å². The number of aromatic nitrogens is 3. The predicted molar refractivity (Wildman–Crippen MR) is 106 cm³/mol. The molecule has 1 aromatic heterocycles. The first kappa shape index (κ1) is 19.6. The fraction of sp³-hybridized carbons (Fsp3) is 0.200. The van der Waals surface area contributed by atoms with Crippen LogP contribution in [0.5, 0.6) is 5.75 Å². The van der Waals surface area contributed by atoms with Gasteiger partial charge in [0.25, 0.3) is 5.91 Å². The fourth-order valence-electron chi connectivity index (χ4n) is 2.75. The predicted octanol–water partition coefficient (Wildman–Crippen LogP) is 3.62. The number of benzene rings is 2. The van der Waals surface area contributed by atoms with Gasteiger partial charge >= 0.3 is 0 Å². The Morgan fingerprint density at radius 2 is 1.86 bits per heavy atom. The van der Waals surface area contributed by atoms with Crippen molar-refractivity contribution in [3.05, 3.63) is 70.8 Å². The van der Waals surface area contributed by atoms with E-state index in [1.54, 1.807) is 56.5 Å². The molecule has 0 radical (unpaired) electrons. The summed E-state index contributed by atoms with van der Waals surface area (Å²) >= 11 is 6.03. The second-order valence-corrected chi connectivity index (χ2v) is 6.63. The number of amides is 1. The van der Waals surface area contributed by atoms with Gasteiger partial charge in [-0.3, -0.25) is 9.59 Å². The normalized spacial score (nSPS) is 11.7. The van der Waals surface area contributed by atoms with Crippen molar-refractivity contribution in [2.45, 2.75) is 19.9 Å². The van der Waals surface area contributed by atoms with Crippen molar-refractivity contribution in [2.24, 2.45) is 0 Å². The summed E-state index contributed by atoms with van der Waals surface area (Å²) < 4.78 is 6.43. The Morgan fingerprint density at radius 3 is 2.46 bits per heavy atom. The number of methoxy groups -OCH3 is 1. The molecule has 0 saturated carbocycles. The minimum atomic E-state index is -1.21. The Hall–Kier alpha value is -3.19. The molecule has 144 valence electrons. The lowest BCUT2D eigenvalue weighted by atomic mass is 10.0. The van der Waals surface area contributed by atoms with Crippen LogP contribution in [0.4, 0.5) is 5.69 Å². The number of anilines is 1. The summed E-state index contributed by atoms with van der Waals surface area (Å²) in [4.78, 5) is 30.3. The van der Waals surface area contributed by atoms with Crippen LogP contribution in [0.1, 0.15) is 27.8 Å². The number of ether oxygens (including phenoxy) is 1. The maximum Gasteiger partial charge on any atom is 0.257 e. The average Bonchev–Trinajstić information content (AvgIpc) is 3.10. The third-order valence-electron chi connectivity index (χ3n) is 4.33. The van der Waals surface area contributed by atoms with Gasteiger partial charge in [-0.2, -0.15) is 5.10 Å². The number of aryl methyl sites for hydroxylation is 2. The number of nitrogens with zero attached hydrogens (tertiary/aromatic N) is 3. The zero-order valence-corrected chi connectivity index (χ0v) is 16.4. The van der Waals surface area contributed by atoms with Crippen LogP contribution in [0.25, 0.3) is 0 Å². The number of hydrogen-bond donors (Lipinski definition) is 1. The van der Waals surface area contributed by atoms with E-state index in [4.69, 9.17) is 16.3 Å². The smallest absolute Gasteiger partial charge is 0.257 e. The van der Waals surface area contributed by atoms with Crippen molar-refractivity contribution < 1.29 is 14.3 Å². The summed E-state index contributed by atoms with van der Waals surface area (Å²) in [5.74, 6) is 0.127. The number of carbonyl (C=O) groups is 2. The second kappa shape index (κ2) is 8.22. The lowest BCUT2D eigenvalue weighted by Gasteiger charge is -2.18. The Balaban J connectivity index is 1.97. The van der Waals surface area contributed by atoms with E-state index in [1.165, 1.54) is 11.0 Å². The van der Waals surface area contributed by atoms with Crippen molar-refractivity contribution in [2.75, 3.05) is 12.4 Å². The summed E-state index contributed by atoms with van der Waals surface area (Å²) in [5.41, 5.74) is 1.71. The van der Waals surface area contributed by atoms with E-state index in [-0.39, 0.29) is 0 Å². The van der Waals surface area contributed by atoms with E-state index in [2.05, 4.69) is 15.4 Å². The van der Waals surface area contributed by atoms with Gasteiger partial charge in [-0.15, -0.1) is 0 Å². The molecule has 7 nitrogen and oxygen atoms in total. The molecule has 0 aliphatic carbocycles. The van der Waals surface area contributed by atoms with E-state index < -0.39 is 17.7 Å². The van der Waals surface area contributed by atoms with E-state index in [1.807, 2.05) is 6.92 Å². The Morgan fingerprint density at radius 1 is 1.14 bits per heavy atom. The minimum absolute atomic E-state index is 0.360. The number of hydrogen-bond acceptors (Lipinski definition) is 5. The zero-order valence-electron chi connectivity index (χ0n) is 15.6. The van der Waals surface area contributed by atoms with Crippen LogP contribution in [0, 0.1) is 13.8 Å². The molecule has 0 saturated heterocycles. The highest BCUT2D eigenvalue weighted by molar-refractivity contribution is 6.31. The molecule has 0 spiro atoms. The highest BCUT2D eigenvalue weighted by Crippen LogP contribution is 2.24. The molecule has 2 aromatic carbocycles. The first-order chi connectivity index (χ1) is 13.4. The molecule has 0 fully saturated rings. The molecule has 1 unspecified atom stereocenters. The van der Waals surface area contributed by atoms with Crippen molar-refractivity contribution in [1.29, 1.82) is 0 Å². The first-order valence-corrected chi connectivity index (χ1v) is 8.90. The van der Waals surface area contributed by atoms with Gasteiger partial charge in [-0.05, 0) is 55.8 Å². The van der Waals surface area contributed by atoms with E-state index in [0.29, 0.717) is 27.8 Å². The molecule has 3 aromatic rings. The average molecular weight is 399 g/mol. The lowest BCUT2D eigenvalue weighted by molar-refractivity contribution is -0.118. The van der Waals surface area contributed by atoms with E-state index in [9.17, 15) is 9.59 Å². The van der Waals surface area contributed by atoms with Gasteiger partial charge in [-0.1, -0.05) is 17.7 Å². The maximum absolute atomic E-state index is 13.2. The van der Waals surface area contributed by atoms with Crippen LogP contribution in [0.3, 0.4) is 0 Å². The van der Waals surface area contributed by atoms with Crippen molar-refractivity contribution in [3.8, 4) is 5.75 Å². The second-order valence-electron chi connectivity index (χ2n) is 6.20. The Kier molecular flexibility index (Phi) is 5.75. The molecule has 1 amide bonds. The number of Topliss-reactive ketones (excluding diaryl/α,β-unsaturated/α-hetero) is 1. The van der Waals surface area contributed by atoms with Gasteiger partial charge in [0.15, 0.2) is 11.8 Å². The third kappa shape index (κ3) is 4.04. The molecule has 0 aliphatic rings. The molecule has 1 heterocycles. The molecule has 1 N–H and O–H groups in total. The molecule has 0 bridgehead atoms. The standard InChI is InChI=1S/C20H19ClN4O3/c1-12-4-7-15(21)10-17(12)24-20(27)18(25-13(2)22-11-23-25)19(26)14-5-8-16(28-3)9-6-14/h4-11,18H,1-3H3,(H,24,27). The first-order valence-electron chi connectivity index (χ1n) is 8.52. The summed E-state index contributed by atoms with van der Waals surface area (Å²) in [7, 11) is 1.54. The van der Waals surface area contributed by atoms with Crippen LogP contribution in [0.15, 0.2) is 48.8 Å². The summed E-state index contributed by atoms with van der Waals surface area (Å²) in [6, 6.07) is 10.5. The monoisotopic (exact) mass is 398 g/mol. The zero-order chi connectivity index (χ0) is 20.3. The molecule has 28 heavy (non-hydrogen) atoms. The molecule has 0 aliphatic heterocycles. The molecular weight excluding hydrogens is 380 g/mol. The van der Waals surface area contributed by atoms with Crippen LogP contribution in [0.2, 0.25) is 5.02 Å². The lowest BCUT2D eigenvalue weighted by Crippen LogP contribution is -2.34. The third-order valence-corrected chi connectivity index (χ3v) is 4.56. The quantitative estimate of drug-likeness (QED) is 0.506. The maximum atomic E-state index is 13.2. The fourth-order valence-corrected chi connectivity index (χ4v) is 2.92. The summed E-state index contributed by atoms with van der Waals surface area (Å²) in [6.45, 7) is 3.52. The highest BCUT2D eigenvalue weighted by atomic mass is 35.5.